The molecular formula is C15H18ClN3O4. The Balaban J connectivity index is 2.01. The predicted octanol–water partition coefficient (Wildman–Crippen LogP) is 0.590. The largest absolute Gasteiger partial charge is 0.497 e. The highest BCUT2D eigenvalue weighted by Gasteiger charge is 2.34. The van der Waals surface area contributed by atoms with Gasteiger partial charge in [-0.05, 0) is 24.3 Å². The van der Waals surface area contributed by atoms with Gasteiger partial charge in [0.25, 0.3) is 0 Å². The molecule has 8 heteroatoms. The van der Waals surface area contributed by atoms with Crippen molar-refractivity contribution in [1.82, 2.24) is 10.2 Å². The van der Waals surface area contributed by atoms with Gasteiger partial charge in [0.1, 0.15) is 17.7 Å². The summed E-state index contributed by atoms with van der Waals surface area (Å²) in [5.41, 5.74) is 0.585. The Bertz CT molecular complexity index is 591. The van der Waals surface area contributed by atoms with Gasteiger partial charge in [-0.3, -0.25) is 14.4 Å². The molecule has 0 aliphatic carbocycles. The standard InChI is InChI=1S/C15H18ClN3O4/c1-23-11-4-2-10(3-5-11)18-13(20)8-12-15(22)17-6-7-19(12)14(21)9-16/h2-5,12H,6-9H2,1H3,(H,17,22)(H,18,20)/t12-/m1/s1. The van der Waals surface area contributed by atoms with E-state index in [0.717, 1.165) is 0 Å². The van der Waals surface area contributed by atoms with E-state index in [4.69, 9.17) is 16.3 Å². The number of ether oxygens (including phenoxy) is 1. The fraction of sp³-hybridized carbons (Fsp3) is 0.400. The van der Waals surface area contributed by atoms with Gasteiger partial charge in [0, 0.05) is 18.8 Å². The lowest BCUT2D eigenvalue weighted by Crippen LogP contribution is -2.58. The van der Waals surface area contributed by atoms with Crippen LogP contribution >= 0.6 is 11.6 Å². The maximum atomic E-state index is 12.1. The molecule has 7 nitrogen and oxygen atoms in total. The van der Waals surface area contributed by atoms with Crippen LogP contribution in [0.25, 0.3) is 0 Å². The Labute approximate surface area is 138 Å². The number of carbonyl (C=O) groups is 3. The molecule has 0 radical (unpaired) electrons. The highest BCUT2D eigenvalue weighted by molar-refractivity contribution is 6.27. The summed E-state index contributed by atoms with van der Waals surface area (Å²) in [5, 5.41) is 5.35. The topological polar surface area (TPSA) is 87.7 Å². The van der Waals surface area contributed by atoms with E-state index < -0.39 is 6.04 Å². The van der Waals surface area contributed by atoms with Crippen LogP contribution in [0.3, 0.4) is 0 Å². The number of rotatable bonds is 5. The molecule has 1 aromatic rings. The van der Waals surface area contributed by atoms with E-state index in [1.165, 1.54) is 4.90 Å². The van der Waals surface area contributed by atoms with Crippen LogP contribution < -0.4 is 15.4 Å². The molecule has 2 rings (SSSR count). The normalized spacial score (nSPS) is 17.4. The average Bonchev–Trinajstić information content (AvgIpc) is 2.56. The molecule has 124 valence electrons. The molecule has 0 aromatic heterocycles. The van der Waals surface area contributed by atoms with Gasteiger partial charge in [-0.15, -0.1) is 11.6 Å². The minimum absolute atomic E-state index is 0.125. The molecule has 1 heterocycles. The molecule has 0 spiro atoms. The lowest BCUT2D eigenvalue weighted by molar-refractivity contribution is -0.143. The number of hydrogen-bond donors (Lipinski definition) is 2. The lowest BCUT2D eigenvalue weighted by Gasteiger charge is -2.34. The second kappa shape index (κ2) is 7.82. The summed E-state index contributed by atoms with van der Waals surface area (Å²) >= 11 is 5.56. The number of hydrogen-bond acceptors (Lipinski definition) is 4. The summed E-state index contributed by atoms with van der Waals surface area (Å²) in [4.78, 5) is 37.2. The molecule has 1 atom stereocenters. The SMILES string of the molecule is COc1ccc(NC(=O)C[C@@H]2C(=O)NCCN2C(=O)CCl)cc1. The number of nitrogens with zero attached hydrogens (tertiary/aromatic N) is 1. The first-order chi connectivity index (χ1) is 11.0. The van der Waals surface area contributed by atoms with Crippen LogP contribution in [-0.2, 0) is 14.4 Å². The number of halogens is 1. The summed E-state index contributed by atoms with van der Waals surface area (Å²) in [5.74, 6) is -0.606. The van der Waals surface area contributed by atoms with Gasteiger partial charge in [-0.2, -0.15) is 0 Å². The molecular weight excluding hydrogens is 322 g/mol. The van der Waals surface area contributed by atoms with Gasteiger partial charge >= 0.3 is 0 Å². The van der Waals surface area contributed by atoms with Crippen LogP contribution in [-0.4, -0.2) is 54.7 Å². The Kier molecular flexibility index (Phi) is 5.81. The fourth-order valence-corrected chi connectivity index (χ4v) is 2.51. The van der Waals surface area contributed by atoms with Crippen molar-refractivity contribution in [3.63, 3.8) is 0 Å². The van der Waals surface area contributed by atoms with Gasteiger partial charge in [-0.25, -0.2) is 0 Å². The van der Waals surface area contributed by atoms with Crippen LogP contribution in [0.4, 0.5) is 5.69 Å². The third-order valence-corrected chi connectivity index (χ3v) is 3.75. The number of benzene rings is 1. The predicted molar refractivity (Wildman–Crippen MR) is 85.5 cm³/mol. The first kappa shape index (κ1) is 17.1. The van der Waals surface area contributed by atoms with E-state index in [2.05, 4.69) is 10.6 Å². The van der Waals surface area contributed by atoms with Crippen LogP contribution in [0.1, 0.15) is 6.42 Å². The van der Waals surface area contributed by atoms with Crippen molar-refractivity contribution in [3.8, 4) is 5.75 Å². The Hall–Kier alpha value is -2.28. The minimum atomic E-state index is -0.840. The molecule has 1 saturated heterocycles. The second-order valence-corrected chi connectivity index (χ2v) is 5.28. The molecule has 1 aromatic carbocycles. The summed E-state index contributed by atoms with van der Waals surface area (Å²) < 4.78 is 5.04. The van der Waals surface area contributed by atoms with Crippen molar-refractivity contribution in [2.24, 2.45) is 0 Å². The summed E-state index contributed by atoms with van der Waals surface area (Å²) in [7, 11) is 1.55. The first-order valence-electron chi connectivity index (χ1n) is 7.12. The van der Waals surface area contributed by atoms with Crippen molar-refractivity contribution < 1.29 is 19.1 Å². The van der Waals surface area contributed by atoms with Gasteiger partial charge in [0.2, 0.25) is 17.7 Å². The third kappa shape index (κ3) is 4.35. The highest BCUT2D eigenvalue weighted by Crippen LogP contribution is 2.16. The van der Waals surface area contributed by atoms with E-state index in [-0.39, 0.29) is 30.0 Å². The molecule has 0 unspecified atom stereocenters. The monoisotopic (exact) mass is 339 g/mol. The number of amides is 3. The molecule has 1 fully saturated rings. The van der Waals surface area contributed by atoms with Crippen molar-refractivity contribution in [2.45, 2.75) is 12.5 Å². The number of carbonyl (C=O) groups excluding carboxylic acids is 3. The van der Waals surface area contributed by atoms with Crippen molar-refractivity contribution in [3.05, 3.63) is 24.3 Å². The van der Waals surface area contributed by atoms with Crippen molar-refractivity contribution >= 4 is 35.0 Å². The Morgan fingerprint density at radius 1 is 1.39 bits per heavy atom. The Morgan fingerprint density at radius 2 is 2.09 bits per heavy atom. The smallest absolute Gasteiger partial charge is 0.243 e. The summed E-state index contributed by atoms with van der Waals surface area (Å²) in [6.45, 7) is 0.704. The zero-order chi connectivity index (χ0) is 16.8. The summed E-state index contributed by atoms with van der Waals surface area (Å²) in [6.07, 6.45) is -0.125. The van der Waals surface area contributed by atoms with Crippen LogP contribution in [0, 0.1) is 0 Å². The molecule has 0 saturated carbocycles. The maximum absolute atomic E-state index is 12.1. The molecule has 2 N–H and O–H groups in total. The van der Waals surface area contributed by atoms with Gasteiger partial charge in [-0.1, -0.05) is 0 Å². The zero-order valence-electron chi connectivity index (χ0n) is 12.7. The molecule has 1 aliphatic heterocycles. The van der Waals surface area contributed by atoms with Crippen molar-refractivity contribution in [1.29, 1.82) is 0 Å². The quantitative estimate of drug-likeness (QED) is 0.769. The number of alkyl halides is 1. The Morgan fingerprint density at radius 3 is 2.70 bits per heavy atom. The number of anilines is 1. The third-order valence-electron chi connectivity index (χ3n) is 3.52. The molecule has 0 bridgehead atoms. The average molecular weight is 340 g/mol. The lowest BCUT2D eigenvalue weighted by atomic mass is 10.1. The van der Waals surface area contributed by atoms with E-state index in [0.29, 0.717) is 24.5 Å². The molecule has 1 aliphatic rings. The minimum Gasteiger partial charge on any atom is -0.497 e. The summed E-state index contributed by atoms with van der Waals surface area (Å²) in [6, 6.07) is 5.98. The first-order valence-corrected chi connectivity index (χ1v) is 7.65. The van der Waals surface area contributed by atoms with E-state index in [1.54, 1.807) is 31.4 Å². The van der Waals surface area contributed by atoms with Crippen LogP contribution in [0.5, 0.6) is 5.75 Å². The highest BCUT2D eigenvalue weighted by atomic mass is 35.5. The molecule has 23 heavy (non-hydrogen) atoms. The van der Waals surface area contributed by atoms with E-state index in [1.807, 2.05) is 0 Å². The molecule has 3 amide bonds. The van der Waals surface area contributed by atoms with E-state index >= 15 is 0 Å². The maximum Gasteiger partial charge on any atom is 0.243 e. The number of piperazine rings is 1. The fourth-order valence-electron chi connectivity index (χ4n) is 2.35. The van der Waals surface area contributed by atoms with Gasteiger partial charge in [0.15, 0.2) is 0 Å². The zero-order valence-corrected chi connectivity index (χ0v) is 13.4. The van der Waals surface area contributed by atoms with Crippen molar-refractivity contribution in [2.75, 3.05) is 31.4 Å². The van der Waals surface area contributed by atoms with E-state index in [9.17, 15) is 14.4 Å². The number of nitrogens with one attached hydrogen (secondary N) is 2. The van der Waals surface area contributed by atoms with Gasteiger partial charge in [0.05, 0.1) is 13.5 Å². The van der Waals surface area contributed by atoms with Crippen LogP contribution in [0.15, 0.2) is 24.3 Å². The second-order valence-electron chi connectivity index (χ2n) is 5.01. The van der Waals surface area contributed by atoms with Crippen LogP contribution in [0.2, 0.25) is 0 Å². The van der Waals surface area contributed by atoms with Gasteiger partial charge < -0.3 is 20.3 Å². The number of methoxy groups -OCH3 is 1.